The fourth-order valence-corrected chi connectivity index (χ4v) is 6.06. The predicted octanol–water partition coefficient (Wildman–Crippen LogP) is 3.20. The van der Waals surface area contributed by atoms with E-state index in [2.05, 4.69) is 29.1 Å². The van der Waals surface area contributed by atoms with E-state index in [0.29, 0.717) is 0 Å². The van der Waals surface area contributed by atoms with E-state index in [9.17, 15) is 39.7 Å². The molecule has 3 aromatic rings. The number of nitrogens with one attached hydrogen (secondary N) is 1. The lowest BCUT2D eigenvalue weighted by molar-refractivity contribution is -0.432. The highest BCUT2D eigenvalue weighted by Gasteiger charge is 2.23. The van der Waals surface area contributed by atoms with Crippen molar-refractivity contribution in [3.8, 4) is 11.5 Å². The Morgan fingerprint density at radius 3 is 2.28 bits per heavy atom. The summed E-state index contributed by atoms with van der Waals surface area (Å²) in [6, 6.07) is 6.35. The van der Waals surface area contributed by atoms with Crippen molar-refractivity contribution < 1.29 is 67.8 Å². The van der Waals surface area contributed by atoms with Gasteiger partial charge in [0, 0.05) is 12.3 Å². The summed E-state index contributed by atoms with van der Waals surface area (Å²) < 4.78 is 102. The summed E-state index contributed by atoms with van der Waals surface area (Å²) >= 11 is 0.277. The molecule has 0 atom stereocenters. The normalized spacial score (nSPS) is 12.6. The minimum atomic E-state index is -4.88. The number of phenolic OH excluding ortho intramolecular Hbond substituents is 1. The van der Waals surface area contributed by atoms with Crippen molar-refractivity contribution in [2.24, 2.45) is 10.2 Å². The van der Waals surface area contributed by atoms with Crippen LogP contribution in [0.15, 0.2) is 61.3 Å². The Morgan fingerprint density at radius 1 is 1.00 bits per heavy atom. The Morgan fingerprint density at radius 2 is 1.70 bits per heavy atom. The van der Waals surface area contributed by atoms with E-state index < -0.39 is 65.0 Å². The van der Waals surface area contributed by atoms with E-state index in [1.165, 1.54) is 19.2 Å². The molecule has 0 aliphatic rings. The third-order valence-corrected chi connectivity index (χ3v) is 8.83. The van der Waals surface area contributed by atoms with E-state index in [1.807, 2.05) is 0 Å². The maximum atomic E-state index is 12.7. The van der Waals surface area contributed by atoms with Crippen LogP contribution in [0.4, 0.5) is 17.1 Å². The fourth-order valence-electron chi connectivity index (χ4n) is 3.52. The third kappa shape index (κ3) is 8.79. The molecule has 0 saturated carbocycles. The SMILES string of the molecule is COc1ccc(S(=O)(=O)CCOS(=O)(=O)O)cc1N=Nc1c(SOOO)cc2cc(S(=O)(=O)O)cc(NC(C)=O)c2c1O. The molecule has 0 aliphatic carbocycles. The van der Waals surface area contributed by atoms with Crippen LogP contribution in [0.2, 0.25) is 0 Å². The zero-order valence-corrected chi connectivity index (χ0v) is 25.0. The number of benzene rings is 3. The molecule has 234 valence electrons. The van der Waals surface area contributed by atoms with E-state index in [0.717, 1.165) is 31.2 Å². The van der Waals surface area contributed by atoms with Gasteiger partial charge in [-0.2, -0.15) is 16.8 Å². The summed E-state index contributed by atoms with van der Waals surface area (Å²) in [5.74, 6) is -2.23. The Kier molecular flexibility index (Phi) is 10.7. The Labute approximate surface area is 247 Å². The predicted molar refractivity (Wildman–Crippen MR) is 147 cm³/mol. The minimum Gasteiger partial charge on any atom is -0.505 e. The summed E-state index contributed by atoms with van der Waals surface area (Å²) in [6.07, 6.45) is 0. The Balaban J connectivity index is 2.20. The average Bonchev–Trinajstić information content (AvgIpc) is 2.89. The second-order valence-corrected chi connectivity index (χ2v) is 13.5. The van der Waals surface area contributed by atoms with Gasteiger partial charge in [-0.15, -0.1) is 14.6 Å². The molecule has 0 radical (unpaired) electrons. The number of phenols is 1. The quantitative estimate of drug-likeness (QED) is 0.0568. The molecule has 0 unspecified atom stereocenters. The average molecular weight is 684 g/mol. The van der Waals surface area contributed by atoms with E-state index in [1.54, 1.807) is 0 Å². The van der Waals surface area contributed by atoms with Crippen LogP contribution in [-0.4, -0.2) is 70.1 Å². The highest BCUT2D eigenvalue weighted by atomic mass is 32.3. The standard InChI is InChI=1S/C21H21N3O15S4/c1-11(25)22-16-10-14(42(30,31)32)7-12-8-18(40-39-38-27)20(21(26)19(12)16)24-23-15-9-13(3-4-17(15)36-2)41(28,29)6-5-37-43(33,34)35/h3-4,7-10,26-27H,5-6H2,1-2H3,(H,22,25)(H,30,31,32)(H,33,34,35). The molecular formula is C21H21N3O15S4. The maximum Gasteiger partial charge on any atom is 0.397 e. The molecular weight excluding hydrogens is 663 g/mol. The number of ether oxygens (including phenoxy) is 1. The van der Waals surface area contributed by atoms with Crippen LogP contribution < -0.4 is 10.1 Å². The topological polar surface area (TPSA) is 274 Å². The maximum absolute atomic E-state index is 12.7. The molecule has 22 heteroatoms. The van der Waals surface area contributed by atoms with Gasteiger partial charge in [-0.05, 0) is 41.8 Å². The number of sulfone groups is 1. The largest absolute Gasteiger partial charge is 0.505 e. The first-order valence-corrected chi connectivity index (χ1v) is 16.3. The van der Waals surface area contributed by atoms with Crippen LogP contribution in [-0.2, 0) is 48.7 Å². The number of amides is 1. The summed E-state index contributed by atoms with van der Waals surface area (Å²) in [7, 11) is -12.6. The van der Waals surface area contributed by atoms with Crippen LogP contribution in [0, 0.1) is 0 Å². The van der Waals surface area contributed by atoms with Crippen molar-refractivity contribution in [2.45, 2.75) is 21.6 Å². The van der Waals surface area contributed by atoms with Crippen molar-refractivity contribution in [3.63, 3.8) is 0 Å². The fraction of sp³-hybridized carbons (Fsp3) is 0.190. The lowest BCUT2D eigenvalue weighted by atomic mass is 10.1. The number of azo groups is 1. The monoisotopic (exact) mass is 683 g/mol. The molecule has 0 aliphatic heterocycles. The van der Waals surface area contributed by atoms with Crippen LogP contribution in [0.3, 0.4) is 0 Å². The van der Waals surface area contributed by atoms with Crippen LogP contribution in [0.5, 0.6) is 11.5 Å². The molecule has 3 aromatic carbocycles. The smallest absolute Gasteiger partial charge is 0.397 e. The molecule has 0 heterocycles. The molecule has 0 spiro atoms. The van der Waals surface area contributed by atoms with Crippen LogP contribution in [0.25, 0.3) is 10.8 Å². The zero-order valence-electron chi connectivity index (χ0n) is 21.7. The van der Waals surface area contributed by atoms with Gasteiger partial charge in [0.1, 0.15) is 17.1 Å². The number of hydrogen-bond acceptors (Lipinski definition) is 16. The number of hydrogen-bond donors (Lipinski definition) is 5. The minimum absolute atomic E-state index is 0.00182. The Bertz CT molecular complexity index is 1910. The molecule has 0 saturated heterocycles. The summed E-state index contributed by atoms with van der Waals surface area (Å²) in [4.78, 5) is 10.6. The van der Waals surface area contributed by atoms with Gasteiger partial charge in [-0.3, -0.25) is 13.9 Å². The van der Waals surface area contributed by atoms with Gasteiger partial charge in [0.15, 0.2) is 15.6 Å². The van der Waals surface area contributed by atoms with Gasteiger partial charge in [-0.25, -0.2) is 17.9 Å². The molecule has 0 aromatic heterocycles. The van der Waals surface area contributed by atoms with Crippen molar-refractivity contribution in [3.05, 3.63) is 36.4 Å². The lowest BCUT2D eigenvalue weighted by Gasteiger charge is -2.14. The second kappa shape index (κ2) is 13.5. The van der Waals surface area contributed by atoms with Crippen molar-refractivity contribution in [1.29, 1.82) is 0 Å². The van der Waals surface area contributed by atoms with E-state index in [4.69, 9.17) is 14.5 Å². The molecule has 1 amide bonds. The summed E-state index contributed by atoms with van der Waals surface area (Å²) in [5.41, 5.74) is -0.865. The number of methoxy groups -OCH3 is 1. The number of nitrogens with zero attached hydrogens (tertiary/aromatic N) is 2. The van der Waals surface area contributed by atoms with Gasteiger partial charge in [-0.1, -0.05) is 5.04 Å². The summed E-state index contributed by atoms with van der Waals surface area (Å²) in [6.45, 7) is 0.209. The van der Waals surface area contributed by atoms with Gasteiger partial charge >= 0.3 is 10.4 Å². The first-order chi connectivity index (χ1) is 20.0. The molecule has 5 N–H and O–H groups in total. The number of aromatic hydroxyl groups is 1. The van der Waals surface area contributed by atoms with Crippen LogP contribution >= 0.6 is 12.0 Å². The highest BCUT2D eigenvalue weighted by Crippen LogP contribution is 2.47. The number of carbonyl (C=O) groups is 1. The number of fused-ring (bicyclic) bond motifs is 1. The molecule has 18 nitrogen and oxygen atoms in total. The Hall–Kier alpha value is -3.45. The van der Waals surface area contributed by atoms with Gasteiger partial charge < -0.3 is 15.2 Å². The number of anilines is 1. The molecule has 3 rings (SSSR count). The van der Waals surface area contributed by atoms with Crippen molar-refractivity contribution in [2.75, 3.05) is 24.8 Å². The molecule has 43 heavy (non-hydrogen) atoms. The zero-order chi connectivity index (χ0) is 32.2. The molecule has 0 fully saturated rings. The van der Waals surface area contributed by atoms with Crippen molar-refractivity contribution >= 4 is 76.1 Å². The molecule has 0 bridgehead atoms. The van der Waals surface area contributed by atoms with Crippen LogP contribution in [0.1, 0.15) is 6.92 Å². The van der Waals surface area contributed by atoms with Gasteiger partial charge in [0.25, 0.3) is 10.1 Å². The summed E-state index contributed by atoms with van der Waals surface area (Å²) in [5, 5.41) is 33.4. The number of carbonyl (C=O) groups excluding carboxylic acids is 1. The number of rotatable bonds is 13. The van der Waals surface area contributed by atoms with Crippen molar-refractivity contribution in [1.82, 2.24) is 0 Å². The lowest BCUT2D eigenvalue weighted by Crippen LogP contribution is -2.15. The van der Waals surface area contributed by atoms with E-state index >= 15 is 0 Å². The van der Waals surface area contributed by atoms with Gasteiger partial charge in [0.2, 0.25) is 5.91 Å². The second-order valence-electron chi connectivity index (χ2n) is 8.13. The van der Waals surface area contributed by atoms with E-state index in [-0.39, 0.29) is 49.7 Å². The first kappa shape index (κ1) is 34.0. The highest BCUT2D eigenvalue weighted by molar-refractivity contribution is 7.94. The van der Waals surface area contributed by atoms with Gasteiger partial charge in [0.05, 0.1) is 51.9 Å². The third-order valence-electron chi connectivity index (χ3n) is 5.24. The first-order valence-electron chi connectivity index (χ1n) is 11.1.